The van der Waals surface area contributed by atoms with Gasteiger partial charge in [0.05, 0.1) is 6.04 Å². The van der Waals surface area contributed by atoms with E-state index in [0.717, 1.165) is 23.8 Å². The maximum absolute atomic E-state index is 14.5. The summed E-state index contributed by atoms with van der Waals surface area (Å²) in [5.74, 6) is -2.52. The van der Waals surface area contributed by atoms with Crippen LogP contribution in [0.1, 0.15) is 72.9 Å². The van der Waals surface area contributed by atoms with E-state index < -0.39 is 70.4 Å². The van der Waals surface area contributed by atoms with Gasteiger partial charge in [-0.25, -0.2) is 18.4 Å². The van der Waals surface area contributed by atoms with Crippen molar-refractivity contribution in [3.05, 3.63) is 71.3 Å². The Hall–Kier alpha value is -4.26. The first-order valence-electron chi connectivity index (χ1n) is 16.2. The van der Waals surface area contributed by atoms with E-state index in [1.165, 1.54) is 11.9 Å². The predicted molar refractivity (Wildman–Crippen MR) is 182 cm³/mol. The number of benzene rings is 2. The largest absolute Gasteiger partial charge is 0.444 e. The molecule has 0 saturated heterocycles. The number of carbonyl (C=O) groups is 4. The average Bonchev–Trinajstić information content (AvgIpc) is 2.98. The molecule has 13 heteroatoms. The Labute approximate surface area is 288 Å². The molecule has 2 aromatic rings. The van der Waals surface area contributed by atoms with Crippen LogP contribution in [-0.4, -0.2) is 83.5 Å². The fourth-order valence-corrected chi connectivity index (χ4v) is 4.65. The highest BCUT2D eigenvalue weighted by atomic mass is 19.1. The normalized spacial score (nSPS) is 13.8. The van der Waals surface area contributed by atoms with E-state index in [2.05, 4.69) is 16.0 Å². The van der Waals surface area contributed by atoms with Crippen LogP contribution in [0, 0.1) is 17.0 Å². The van der Waals surface area contributed by atoms with Crippen molar-refractivity contribution in [1.29, 1.82) is 0 Å². The zero-order chi connectivity index (χ0) is 37.2. The number of halogens is 2. The lowest BCUT2D eigenvalue weighted by atomic mass is 9.92. The third-order valence-electron chi connectivity index (χ3n) is 7.27. The van der Waals surface area contributed by atoms with Crippen molar-refractivity contribution >= 4 is 24.0 Å². The number of aliphatic hydroxyl groups excluding tert-OH is 1. The Morgan fingerprint density at radius 2 is 1.43 bits per heavy atom. The molecule has 0 saturated carbocycles. The minimum absolute atomic E-state index is 0.00142. The van der Waals surface area contributed by atoms with E-state index in [9.17, 15) is 33.1 Å². The third-order valence-corrected chi connectivity index (χ3v) is 7.27. The number of nitrogens with one attached hydrogen (secondary N) is 3. The fraction of sp³-hybridized carbons (Fsp3) is 0.556. The number of alkyl carbamates (subject to hydrolysis) is 1. The summed E-state index contributed by atoms with van der Waals surface area (Å²) in [6.07, 6.45) is -3.36. The average molecular weight is 691 g/mol. The van der Waals surface area contributed by atoms with Crippen LogP contribution >= 0.6 is 0 Å². The molecule has 0 bridgehead atoms. The van der Waals surface area contributed by atoms with Crippen LogP contribution < -0.4 is 16.0 Å². The smallest absolute Gasteiger partial charge is 0.410 e. The molecule has 0 fully saturated rings. The van der Waals surface area contributed by atoms with Crippen molar-refractivity contribution < 1.29 is 42.5 Å². The van der Waals surface area contributed by atoms with E-state index >= 15 is 0 Å². The van der Waals surface area contributed by atoms with Crippen molar-refractivity contribution in [2.45, 2.75) is 104 Å². The Balaban J connectivity index is 2.07. The number of amides is 4. The summed E-state index contributed by atoms with van der Waals surface area (Å²) in [5.41, 5.74) is -1.53. The predicted octanol–water partition coefficient (Wildman–Crippen LogP) is 4.89. The molecule has 0 radical (unpaired) electrons. The highest BCUT2D eigenvalue weighted by Crippen LogP contribution is 2.20. The third kappa shape index (κ3) is 15.2. The highest BCUT2D eigenvalue weighted by molar-refractivity contribution is 5.82. The molecule has 0 spiro atoms. The summed E-state index contributed by atoms with van der Waals surface area (Å²) < 4.78 is 39.2. The monoisotopic (exact) mass is 690 g/mol. The van der Waals surface area contributed by atoms with Crippen LogP contribution in [0.25, 0.3) is 0 Å². The molecule has 0 heterocycles. The fourth-order valence-electron chi connectivity index (χ4n) is 4.65. The van der Waals surface area contributed by atoms with E-state index in [1.807, 2.05) is 18.2 Å². The standard InChI is InChI=1S/C36H52F2N4O7/c1-34(2,3)48-32(46)41-28(17-23-13-11-10-12-14-23)30(44)31(45)40-22-36(7,8)21-39-29(43)20-26(42(9)33(47)49-35(4,5)6)19-24-18-25(37)15-16-27(24)38/h10-16,18,26,28,30,44H,17,19-22H2,1-9H3,(H,39,43)(H,40,45)(H,41,46). The lowest BCUT2D eigenvalue weighted by Crippen LogP contribution is -2.54. The maximum atomic E-state index is 14.5. The molecule has 3 unspecified atom stereocenters. The first-order valence-corrected chi connectivity index (χ1v) is 16.2. The molecule has 0 aliphatic rings. The second-order valence-electron chi connectivity index (χ2n) is 14.9. The molecule has 272 valence electrons. The highest BCUT2D eigenvalue weighted by Gasteiger charge is 2.32. The molecule has 4 amide bonds. The van der Waals surface area contributed by atoms with Gasteiger partial charge in [-0.2, -0.15) is 0 Å². The second-order valence-corrected chi connectivity index (χ2v) is 14.9. The van der Waals surface area contributed by atoms with Crippen molar-refractivity contribution in [3.63, 3.8) is 0 Å². The Morgan fingerprint density at radius 3 is 2.02 bits per heavy atom. The molecule has 0 aliphatic carbocycles. The second kappa shape index (κ2) is 17.4. The molecular formula is C36H52F2N4O7. The lowest BCUT2D eigenvalue weighted by Gasteiger charge is -2.31. The van der Waals surface area contributed by atoms with Gasteiger partial charge in [-0.15, -0.1) is 0 Å². The summed E-state index contributed by atoms with van der Waals surface area (Å²) in [7, 11) is 1.43. The van der Waals surface area contributed by atoms with Crippen molar-refractivity contribution in [2.24, 2.45) is 5.41 Å². The number of hydrogen-bond acceptors (Lipinski definition) is 7. The summed E-state index contributed by atoms with van der Waals surface area (Å²) in [6.45, 7) is 13.9. The number of nitrogens with zero attached hydrogens (tertiary/aromatic N) is 1. The van der Waals surface area contributed by atoms with Crippen LogP contribution in [0.15, 0.2) is 48.5 Å². The van der Waals surface area contributed by atoms with E-state index in [4.69, 9.17) is 9.47 Å². The zero-order valence-electron chi connectivity index (χ0n) is 30.0. The molecule has 0 aromatic heterocycles. The first-order chi connectivity index (χ1) is 22.5. The van der Waals surface area contributed by atoms with Crippen molar-refractivity contribution in [1.82, 2.24) is 20.9 Å². The van der Waals surface area contributed by atoms with Gasteiger partial charge in [0.1, 0.15) is 22.8 Å². The van der Waals surface area contributed by atoms with Gasteiger partial charge >= 0.3 is 12.2 Å². The number of rotatable bonds is 14. The molecule has 2 rings (SSSR count). The van der Waals surface area contributed by atoms with Gasteiger partial charge in [-0.05, 0) is 89.1 Å². The first kappa shape index (κ1) is 40.9. The van der Waals surface area contributed by atoms with Gasteiger partial charge in [0.15, 0.2) is 6.10 Å². The minimum atomic E-state index is -1.62. The van der Waals surface area contributed by atoms with Crippen LogP contribution in [-0.2, 0) is 31.9 Å². The topological polar surface area (TPSA) is 146 Å². The number of ether oxygens (including phenoxy) is 2. The van der Waals surface area contributed by atoms with Gasteiger partial charge in [0, 0.05) is 32.6 Å². The van der Waals surface area contributed by atoms with Gasteiger partial charge in [-0.3, -0.25) is 9.59 Å². The lowest BCUT2D eigenvalue weighted by molar-refractivity contribution is -0.131. The van der Waals surface area contributed by atoms with E-state index in [-0.39, 0.29) is 37.9 Å². The zero-order valence-corrected chi connectivity index (χ0v) is 30.0. The molecular weight excluding hydrogens is 638 g/mol. The van der Waals surface area contributed by atoms with Crippen LogP contribution in [0.5, 0.6) is 0 Å². The summed E-state index contributed by atoms with van der Waals surface area (Å²) in [6, 6.07) is 10.2. The molecule has 2 aromatic carbocycles. The molecule has 49 heavy (non-hydrogen) atoms. The quantitative estimate of drug-likeness (QED) is 0.221. The molecule has 11 nitrogen and oxygen atoms in total. The number of carbonyl (C=O) groups excluding carboxylic acids is 4. The Bertz CT molecular complexity index is 1420. The van der Waals surface area contributed by atoms with Gasteiger partial charge in [0.2, 0.25) is 5.91 Å². The summed E-state index contributed by atoms with van der Waals surface area (Å²) >= 11 is 0. The SMILES string of the molecule is CN(C(=O)OC(C)(C)C)C(CC(=O)NCC(C)(C)CNC(=O)C(O)C(Cc1ccccc1)NC(=O)OC(C)(C)C)Cc1cc(F)ccc1F. The van der Waals surface area contributed by atoms with Gasteiger partial charge in [-0.1, -0.05) is 44.2 Å². The number of aliphatic hydroxyl groups is 1. The van der Waals surface area contributed by atoms with Crippen LogP contribution in [0.2, 0.25) is 0 Å². The van der Waals surface area contributed by atoms with Crippen LogP contribution in [0.3, 0.4) is 0 Å². The van der Waals surface area contributed by atoms with E-state index in [0.29, 0.717) is 0 Å². The van der Waals surface area contributed by atoms with Crippen LogP contribution in [0.4, 0.5) is 18.4 Å². The Morgan fingerprint density at radius 1 is 0.837 bits per heavy atom. The number of hydrogen-bond donors (Lipinski definition) is 4. The minimum Gasteiger partial charge on any atom is -0.444 e. The van der Waals surface area contributed by atoms with Gasteiger partial charge in [0.25, 0.3) is 5.91 Å². The van der Waals surface area contributed by atoms with Gasteiger partial charge < -0.3 is 35.4 Å². The summed E-state index contributed by atoms with van der Waals surface area (Å²) in [4.78, 5) is 52.8. The van der Waals surface area contributed by atoms with Crippen molar-refractivity contribution in [3.8, 4) is 0 Å². The van der Waals surface area contributed by atoms with E-state index in [1.54, 1.807) is 67.5 Å². The Kier molecular flexibility index (Phi) is 14.5. The van der Waals surface area contributed by atoms with Crippen molar-refractivity contribution in [2.75, 3.05) is 20.1 Å². The molecule has 0 aliphatic heterocycles. The molecule has 3 atom stereocenters. The maximum Gasteiger partial charge on any atom is 0.410 e. The number of likely N-dealkylation sites (N-methyl/N-ethyl adjacent to an activating group) is 1. The summed E-state index contributed by atoms with van der Waals surface area (Å²) in [5, 5.41) is 19.1. The molecule has 4 N–H and O–H groups in total.